The minimum atomic E-state index is -0.669. The van der Waals surface area contributed by atoms with Crippen molar-refractivity contribution in [2.24, 2.45) is 0 Å². The molecular weight excluding hydrogens is 240 g/mol. The van der Waals surface area contributed by atoms with Gasteiger partial charge in [-0.2, -0.15) is 0 Å². The molecule has 1 heterocycles. The normalized spacial score (nSPS) is 14.4. The maximum absolute atomic E-state index is 11.0. The number of aliphatic hydroxyl groups is 1. The lowest BCUT2D eigenvalue weighted by Gasteiger charge is -2.23. The summed E-state index contributed by atoms with van der Waals surface area (Å²) in [6.07, 6.45) is 0.244. The fourth-order valence-corrected chi connectivity index (χ4v) is 2.58. The first kappa shape index (κ1) is 13.9. The smallest absolute Gasteiger partial charge is 0.304 e. The standard InChI is InChI=1S/C11H18N2O3S/c1-5-7(2)12(4)11-9(13(15)16)6-10(17-11)8(3)14/h6-8,14H,5H2,1-4H3. The fourth-order valence-electron chi connectivity index (χ4n) is 1.45. The number of anilines is 1. The van der Waals surface area contributed by atoms with E-state index in [-0.39, 0.29) is 11.7 Å². The van der Waals surface area contributed by atoms with Crippen LogP contribution in [0.5, 0.6) is 0 Å². The molecule has 0 bridgehead atoms. The summed E-state index contributed by atoms with van der Waals surface area (Å²) in [6.45, 7) is 5.67. The van der Waals surface area contributed by atoms with Gasteiger partial charge < -0.3 is 10.0 Å². The summed E-state index contributed by atoms with van der Waals surface area (Å²) in [5, 5.41) is 21.1. The van der Waals surface area contributed by atoms with Gasteiger partial charge in [-0.1, -0.05) is 6.92 Å². The second-order valence-electron chi connectivity index (χ2n) is 4.14. The molecule has 96 valence electrons. The SMILES string of the molecule is CCC(C)N(C)c1sc(C(C)O)cc1[N+](=O)[O-]. The van der Waals surface area contributed by atoms with Crippen molar-refractivity contribution in [3.8, 4) is 0 Å². The molecule has 1 N–H and O–H groups in total. The summed E-state index contributed by atoms with van der Waals surface area (Å²) in [4.78, 5) is 13.1. The highest BCUT2D eigenvalue weighted by Crippen LogP contribution is 2.40. The topological polar surface area (TPSA) is 66.6 Å². The van der Waals surface area contributed by atoms with E-state index in [0.29, 0.717) is 9.88 Å². The number of hydrogen-bond donors (Lipinski definition) is 1. The molecule has 0 aliphatic heterocycles. The van der Waals surface area contributed by atoms with E-state index in [4.69, 9.17) is 0 Å². The molecule has 17 heavy (non-hydrogen) atoms. The van der Waals surface area contributed by atoms with E-state index in [1.807, 2.05) is 25.8 Å². The van der Waals surface area contributed by atoms with Crippen molar-refractivity contribution < 1.29 is 10.0 Å². The molecule has 0 saturated carbocycles. The average molecular weight is 258 g/mol. The van der Waals surface area contributed by atoms with Crippen LogP contribution in [0, 0.1) is 10.1 Å². The lowest BCUT2D eigenvalue weighted by Crippen LogP contribution is -2.27. The number of rotatable bonds is 5. The molecule has 0 saturated heterocycles. The fraction of sp³-hybridized carbons (Fsp3) is 0.636. The highest BCUT2D eigenvalue weighted by molar-refractivity contribution is 7.16. The molecular formula is C11H18N2O3S. The first-order valence-corrected chi connectivity index (χ1v) is 6.39. The number of aliphatic hydroxyl groups excluding tert-OH is 1. The van der Waals surface area contributed by atoms with E-state index in [9.17, 15) is 15.2 Å². The molecule has 2 unspecified atom stereocenters. The summed E-state index contributed by atoms with van der Waals surface area (Å²) in [6, 6.07) is 1.69. The van der Waals surface area contributed by atoms with E-state index < -0.39 is 11.0 Å². The van der Waals surface area contributed by atoms with Crippen LogP contribution in [0.4, 0.5) is 10.7 Å². The van der Waals surface area contributed by atoms with Crippen LogP contribution >= 0.6 is 11.3 Å². The lowest BCUT2D eigenvalue weighted by molar-refractivity contribution is -0.383. The molecule has 0 aliphatic carbocycles. The quantitative estimate of drug-likeness (QED) is 0.651. The Kier molecular flexibility index (Phi) is 4.47. The number of thiophene rings is 1. The van der Waals surface area contributed by atoms with Crippen LogP contribution in [0.25, 0.3) is 0 Å². The summed E-state index contributed by atoms with van der Waals surface area (Å²) >= 11 is 1.28. The van der Waals surface area contributed by atoms with E-state index in [1.165, 1.54) is 17.4 Å². The first-order valence-electron chi connectivity index (χ1n) is 5.57. The summed E-state index contributed by atoms with van der Waals surface area (Å²) in [7, 11) is 1.85. The predicted molar refractivity (Wildman–Crippen MR) is 69.8 cm³/mol. The zero-order valence-corrected chi connectivity index (χ0v) is 11.3. The molecule has 1 aromatic heterocycles. The van der Waals surface area contributed by atoms with Crippen LogP contribution in [0.2, 0.25) is 0 Å². The second kappa shape index (κ2) is 5.46. The van der Waals surface area contributed by atoms with Crippen LogP contribution in [0.1, 0.15) is 38.2 Å². The Hall–Kier alpha value is -1.14. The Labute approximate surface area is 105 Å². The van der Waals surface area contributed by atoms with Gasteiger partial charge in [0.1, 0.15) is 0 Å². The number of nitro groups is 1. The van der Waals surface area contributed by atoms with Crippen LogP contribution in [0.15, 0.2) is 6.07 Å². The Morgan fingerprint density at radius 1 is 1.59 bits per heavy atom. The molecule has 1 aromatic rings. The number of hydrogen-bond acceptors (Lipinski definition) is 5. The molecule has 2 atom stereocenters. The summed E-state index contributed by atoms with van der Waals surface area (Å²) in [5.74, 6) is 0. The average Bonchev–Trinajstić information content (AvgIpc) is 2.71. The van der Waals surface area contributed by atoms with Crippen molar-refractivity contribution in [1.29, 1.82) is 0 Å². The van der Waals surface area contributed by atoms with Crippen molar-refractivity contribution in [3.05, 3.63) is 21.1 Å². The predicted octanol–water partition coefficient (Wildman–Crippen LogP) is 2.94. The van der Waals surface area contributed by atoms with Gasteiger partial charge in [0.2, 0.25) is 0 Å². The van der Waals surface area contributed by atoms with Crippen LogP contribution in [0.3, 0.4) is 0 Å². The largest absolute Gasteiger partial charge is 0.388 e. The van der Waals surface area contributed by atoms with E-state index in [2.05, 4.69) is 0 Å². The third-order valence-corrected chi connectivity index (χ3v) is 4.28. The maximum atomic E-state index is 11.0. The molecule has 0 radical (unpaired) electrons. The van der Waals surface area contributed by atoms with Gasteiger partial charge in [0.15, 0.2) is 5.00 Å². The van der Waals surface area contributed by atoms with Crippen LogP contribution in [-0.2, 0) is 0 Å². The lowest BCUT2D eigenvalue weighted by atomic mass is 10.2. The van der Waals surface area contributed by atoms with Gasteiger partial charge in [0.25, 0.3) is 0 Å². The van der Waals surface area contributed by atoms with Gasteiger partial charge in [-0.05, 0) is 20.3 Å². The van der Waals surface area contributed by atoms with Crippen molar-refractivity contribution in [2.45, 2.75) is 39.3 Å². The molecule has 5 nitrogen and oxygen atoms in total. The summed E-state index contributed by atoms with van der Waals surface area (Å²) in [5.41, 5.74) is 0.0775. The Bertz CT molecular complexity index is 403. The van der Waals surface area contributed by atoms with E-state index in [0.717, 1.165) is 6.42 Å². The molecule has 0 amide bonds. The van der Waals surface area contributed by atoms with E-state index >= 15 is 0 Å². The summed E-state index contributed by atoms with van der Waals surface area (Å²) < 4.78 is 0. The van der Waals surface area contributed by atoms with Gasteiger partial charge in [-0.3, -0.25) is 10.1 Å². The van der Waals surface area contributed by atoms with Gasteiger partial charge in [0.05, 0.1) is 11.0 Å². The zero-order valence-electron chi connectivity index (χ0n) is 10.5. The Morgan fingerprint density at radius 3 is 2.59 bits per heavy atom. The van der Waals surface area contributed by atoms with Crippen molar-refractivity contribution >= 4 is 22.0 Å². The van der Waals surface area contributed by atoms with Crippen molar-refractivity contribution in [3.63, 3.8) is 0 Å². The highest BCUT2D eigenvalue weighted by atomic mass is 32.1. The van der Waals surface area contributed by atoms with Crippen molar-refractivity contribution in [2.75, 3.05) is 11.9 Å². The highest BCUT2D eigenvalue weighted by Gasteiger charge is 2.25. The number of nitrogens with zero attached hydrogens (tertiary/aromatic N) is 2. The molecule has 0 spiro atoms. The third-order valence-electron chi connectivity index (χ3n) is 2.89. The first-order chi connectivity index (χ1) is 7.88. The zero-order chi connectivity index (χ0) is 13.2. The maximum Gasteiger partial charge on any atom is 0.304 e. The molecule has 0 fully saturated rings. The molecule has 6 heteroatoms. The van der Waals surface area contributed by atoms with Gasteiger partial charge in [-0.25, -0.2) is 0 Å². The monoisotopic (exact) mass is 258 g/mol. The Morgan fingerprint density at radius 2 is 2.18 bits per heavy atom. The minimum Gasteiger partial charge on any atom is -0.388 e. The minimum absolute atomic E-state index is 0.0775. The second-order valence-corrected chi connectivity index (χ2v) is 5.20. The van der Waals surface area contributed by atoms with E-state index in [1.54, 1.807) is 6.92 Å². The van der Waals surface area contributed by atoms with Gasteiger partial charge >= 0.3 is 5.69 Å². The molecule has 1 rings (SSSR count). The van der Waals surface area contributed by atoms with Crippen LogP contribution < -0.4 is 4.90 Å². The van der Waals surface area contributed by atoms with Gasteiger partial charge in [-0.15, -0.1) is 11.3 Å². The Balaban J connectivity index is 3.16. The third kappa shape index (κ3) is 2.95. The molecule has 0 aliphatic rings. The van der Waals surface area contributed by atoms with Crippen LogP contribution in [-0.4, -0.2) is 23.1 Å². The van der Waals surface area contributed by atoms with Gasteiger partial charge in [0, 0.05) is 24.0 Å². The molecule has 0 aromatic carbocycles. The van der Waals surface area contributed by atoms with Crippen molar-refractivity contribution in [1.82, 2.24) is 0 Å².